The zero-order valence-corrected chi connectivity index (χ0v) is 17.9. The Kier molecular flexibility index (Phi) is 5.82. The van der Waals surface area contributed by atoms with Crippen molar-refractivity contribution in [2.45, 2.75) is 57.0 Å². The lowest BCUT2D eigenvalue weighted by Gasteiger charge is -2.09. The van der Waals surface area contributed by atoms with E-state index in [0.29, 0.717) is 5.75 Å². The van der Waals surface area contributed by atoms with Crippen molar-refractivity contribution in [3.63, 3.8) is 0 Å². The van der Waals surface area contributed by atoms with Gasteiger partial charge in [0.05, 0.1) is 16.7 Å². The van der Waals surface area contributed by atoms with E-state index in [4.69, 9.17) is 4.98 Å². The van der Waals surface area contributed by atoms with E-state index in [2.05, 4.69) is 34.7 Å². The van der Waals surface area contributed by atoms with Crippen LogP contribution >= 0.6 is 23.1 Å². The van der Waals surface area contributed by atoms with Gasteiger partial charge in [-0.15, -0.1) is 11.3 Å². The maximum Gasteiger partial charge on any atom is 0.258 e. The molecule has 0 fully saturated rings. The zero-order valence-electron chi connectivity index (χ0n) is 16.2. The van der Waals surface area contributed by atoms with Crippen molar-refractivity contribution < 1.29 is 0 Å². The zero-order chi connectivity index (χ0) is 19.5. The molecule has 0 atom stereocenters. The summed E-state index contributed by atoms with van der Waals surface area (Å²) in [5.74, 6) is 0.640. The van der Waals surface area contributed by atoms with E-state index in [1.54, 1.807) is 22.2 Å². The molecule has 0 saturated heterocycles. The Hall–Kier alpha value is -2.12. The first kappa shape index (κ1) is 19.2. The van der Waals surface area contributed by atoms with Gasteiger partial charge in [0.15, 0.2) is 10.1 Å². The van der Waals surface area contributed by atoms with Gasteiger partial charge in [-0.3, -0.25) is 9.20 Å². The summed E-state index contributed by atoms with van der Waals surface area (Å²) in [6.07, 6.45) is 4.89. The van der Waals surface area contributed by atoms with Crippen LogP contribution in [0.4, 0.5) is 0 Å². The number of rotatable bonds is 8. The van der Waals surface area contributed by atoms with Gasteiger partial charge in [0.1, 0.15) is 0 Å². The van der Waals surface area contributed by atoms with Gasteiger partial charge in [0.25, 0.3) is 5.56 Å². The number of aryl methyl sites for hydroxylation is 2. The lowest BCUT2D eigenvalue weighted by Crippen LogP contribution is -2.14. The number of nitrogens with zero attached hydrogens (tertiary/aromatic N) is 4. The van der Waals surface area contributed by atoms with Gasteiger partial charge in [-0.2, -0.15) is 0 Å². The number of unbranched alkanes of at least 4 members (excludes halogenated alkanes) is 3. The minimum Gasteiger partial charge on any atom is -0.319 e. The maximum atomic E-state index is 12.4. The highest BCUT2D eigenvalue weighted by Gasteiger charge is 2.13. The first-order chi connectivity index (χ1) is 13.7. The molecule has 4 rings (SSSR count). The number of hydrogen-bond donors (Lipinski definition) is 0. The van der Waals surface area contributed by atoms with Crippen LogP contribution in [0.3, 0.4) is 0 Å². The second-order valence-electron chi connectivity index (χ2n) is 6.96. The third-order valence-electron chi connectivity index (χ3n) is 4.83. The second kappa shape index (κ2) is 8.49. The first-order valence-corrected chi connectivity index (χ1v) is 11.6. The molecule has 28 heavy (non-hydrogen) atoms. The van der Waals surface area contributed by atoms with Crippen LogP contribution in [0.25, 0.3) is 16.0 Å². The molecule has 0 bridgehead atoms. The molecular weight excluding hydrogens is 388 g/mol. The third kappa shape index (κ3) is 3.86. The summed E-state index contributed by atoms with van der Waals surface area (Å²) < 4.78 is 3.98. The number of para-hydroxylation sites is 2. The molecule has 0 aliphatic rings. The van der Waals surface area contributed by atoms with Gasteiger partial charge in [-0.05, 0) is 25.5 Å². The number of aromatic nitrogens is 4. The highest BCUT2D eigenvalue weighted by atomic mass is 32.2. The van der Waals surface area contributed by atoms with E-state index >= 15 is 0 Å². The van der Waals surface area contributed by atoms with E-state index in [-0.39, 0.29) is 5.56 Å². The molecule has 0 spiro atoms. The highest BCUT2D eigenvalue weighted by molar-refractivity contribution is 7.98. The Morgan fingerprint density at radius 1 is 1.14 bits per heavy atom. The van der Waals surface area contributed by atoms with Crippen LogP contribution in [0.15, 0.2) is 45.7 Å². The van der Waals surface area contributed by atoms with Crippen LogP contribution in [0.5, 0.6) is 0 Å². The van der Waals surface area contributed by atoms with E-state index in [1.165, 1.54) is 36.1 Å². The molecule has 4 aromatic rings. The summed E-state index contributed by atoms with van der Waals surface area (Å²) in [6.45, 7) is 5.14. The van der Waals surface area contributed by atoms with Crippen LogP contribution in [-0.2, 0) is 12.3 Å². The van der Waals surface area contributed by atoms with Crippen molar-refractivity contribution in [3.05, 3.63) is 57.5 Å². The summed E-state index contributed by atoms with van der Waals surface area (Å²) in [7, 11) is 0. The van der Waals surface area contributed by atoms with Crippen LogP contribution in [0.1, 0.15) is 44.0 Å². The first-order valence-electron chi connectivity index (χ1n) is 9.72. The summed E-state index contributed by atoms with van der Waals surface area (Å²) >= 11 is 3.17. The summed E-state index contributed by atoms with van der Waals surface area (Å²) in [6, 6.07) is 9.94. The van der Waals surface area contributed by atoms with Crippen molar-refractivity contribution in [1.29, 1.82) is 0 Å². The Bertz CT molecular complexity index is 1160. The average Bonchev–Trinajstić information content (AvgIpc) is 3.24. The minimum atomic E-state index is -0.00702. The normalized spacial score (nSPS) is 11.6. The quantitative estimate of drug-likeness (QED) is 0.292. The number of thiazole rings is 1. The van der Waals surface area contributed by atoms with Crippen molar-refractivity contribution in [2.24, 2.45) is 0 Å². The molecule has 146 valence electrons. The van der Waals surface area contributed by atoms with Crippen molar-refractivity contribution >= 4 is 39.1 Å². The van der Waals surface area contributed by atoms with Gasteiger partial charge in [0, 0.05) is 29.4 Å². The molecule has 0 radical (unpaired) electrons. The topological polar surface area (TPSA) is 52.2 Å². The largest absolute Gasteiger partial charge is 0.319 e. The van der Waals surface area contributed by atoms with Gasteiger partial charge < -0.3 is 4.57 Å². The van der Waals surface area contributed by atoms with E-state index in [9.17, 15) is 4.79 Å². The van der Waals surface area contributed by atoms with E-state index in [1.807, 2.05) is 18.4 Å². The van der Waals surface area contributed by atoms with Crippen molar-refractivity contribution in [1.82, 2.24) is 18.9 Å². The summed E-state index contributed by atoms with van der Waals surface area (Å²) in [5.41, 5.74) is 3.94. The minimum absolute atomic E-state index is 0.00702. The number of benzene rings is 1. The van der Waals surface area contributed by atoms with Gasteiger partial charge >= 0.3 is 0 Å². The van der Waals surface area contributed by atoms with Crippen LogP contribution in [0, 0.1) is 6.92 Å². The second-order valence-corrected chi connectivity index (χ2v) is 8.74. The molecular formula is C21H24N4OS2. The Balaban J connectivity index is 1.58. The lowest BCUT2D eigenvalue weighted by atomic mass is 10.2. The maximum absolute atomic E-state index is 12.4. The number of hydrogen-bond acceptors (Lipinski definition) is 5. The molecule has 0 unspecified atom stereocenters. The van der Waals surface area contributed by atoms with Gasteiger partial charge in [-0.1, -0.05) is 50.1 Å². The number of fused-ring (bicyclic) bond motifs is 2. The molecule has 0 aliphatic carbocycles. The Morgan fingerprint density at radius 2 is 2.00 bits per heavy atom. The number of imidazole rings is 1. The molecule has 0 amide bonds. The van der Waals surface area contributed by atoms with E-state index < -0.39 is 0 Å². The average molecular weight is 413 g/mol. The monoisotopic (exact) mass is 412 g/mol. The van der Waals surface area contributed by atoms with Crippen LogP contribution in [0.2, 0.25) is 0 Å². The summed E-state index contributed by atoms with van der Waals surface area (Å²) in [5, 5.41) is 2.97. The Morgan fingerprint density at radius 3 is 2.86 bits per heavy atom. The molecule has 3 heterocycles. The standard InChI is InChI=1S/C21H24N4OS2/c1-3-4-5-8-11-24-18-10-7-6-9-17(18)23-20(24)28-14-16-12-19(26)25-15(2)13-27-21(25)22-16/h6-7,9-10,12-13H,3-5,8,11,14H2,1-2H3. The fourth-order valence-electron chi connectivity index (χ4n) is 3.39. The lowest BCUT2D eigenvalue weighted by molar-refractivity contribution is 0.563. The molecule has 3 aromatic heterocycles. The van der Waals surface area contributed by atoms with Gasteiger partial charge in [0.2, 0.25) is 0 Å². The Labute approximate surface area is 172 Å². The number of thioether (sulfide) groups is 1. The third-order valence-corrected chi connectivity index (χ3v) is 6.79. The predicted molar refractivity (Wildman–Crippen MR) is 118 cm³/mol. The highest BCUT2D eigenvalue weighted by Crippen LogP contribution is 2.27. The molecule has 7 heteroatoms. The fourth-order valence-corrected chi connectivity index (χ4v) is 5.21. The SMILES string of the molecule is CCCCCCn1c(SCc2cc(=O)n3c(C)csc3n2)nc2ccccc21. The van der Waals surface area contributed by atoms with Gasteiger partial charge in [-0.25, -0.2) is 9.97 Å². The smallest absolute Gasteiger partial charge is 0.258 e. The van der Waals surface area contributed by atoms with E-state index in [0.717, 1.165) is 40.0 Å². The predicted octanol–water partition coefficient (Wildman–Crippen LogP) is 5.29. The molecule has 5 nitrogen and oxygen atoms in total. The van der Waals surface area contributed by atoms with Crippen LogP contribution in [-0.4, -0.2) is 18.9 Å². The molecule has 0 aliphatic heterocycles. The van der Waals surface area contributed by atoms with Crippen LogP contribution < -0.4 is 5.56 Å². The molecule has 0 N–H and O–H groups in total. The van der Waals surface area contributed by atoms with Crippen molar-refractivity contribution in [3.8, 4) is 0 Å². The molecule has 1 aromatic carbocycles. The van der Waals surface area contributed by atoms with Crippen molar-refractivity contribution in [2.75, 3.05) is 0 Å². The summed E-state index contributed by atoms with van der Waals surface area (Å²) in [4.78, 5) is 22.7. The fraction of sp³-hybridized carbons (Fsp3) is 0.381. The molecule has 0 saturated carbocycles.